The predicted octanol–water partition coefficient (Wildman–Crippen LogP) is 3.17. The highest BCUT2D eigenvalue weighted by atomic mass is 127. The molecule has 1 aliphatic carbocycles. The molecule has 0 aromatic heterocycles. The number of rotatable bonds is 10. The summed E-state index contributed by atoms with van der Waals surface area (Å²) in [5.41, 5.74) is 1.43. The average Bonchev–Trinajstić information content (AvgIpc) is 3.52. The molecule has 1 aromatic rings. The van der Waals surface area contributed by atoms with Crippen LogP contribution in [0.5, 0.6) is 0 Å². The van der Waals surface area contributed by atoms with Gasteiger partial charge in [0.15, 0.2) is 5.96 Å². The van der Waals surface area contributed by atoms with Crippen molar-refractivity contribution >= 4 is 29.9 Å². The van der Waals surface area contributed by atoms with Gasteiger partial charge in [0.05, 0.1) is 0 Å². The Labute approximate surface area is 188 Å². The van der Waals surface area contributed by atoms with E-state index in [9.17, 15) is 0 Å². The van der Waals surface area contributed by atoms with Crippen LogP contribution in [-0.2, 0) is 6.54 Å². The normalized spacial score (nSPS) is 18.5. The minimum Gasteiger partial charge on any atom is -0.357 e. The molecular weight excluding hydrogens is 461 g/mol. The molecular formula is C22H38IN5. The first-order valence-electron chi connectivity index (χ1n) is 10.8. The zero-order valence-corrected chi connectivity index (χ0v) is 19.7. The van der Waals surface area contributed by atoms with Crippen molar-refractivity contribution in [2.75, 3.05) is 52.4 Å². The molecule has 0 radical (unpaired) electrons. The Balaban J connectivity index is 0.00000280. The Hall–Kier alpha value is -0.860. The molecule has 1 heterocycles. The summed E-state index contributed by atoms with van der Waals surface area (Å²) in [7, 11) is 0. The number of piperazine rings is 1. The summed E-state index contributed by atoms with van der Waals surface area (Å²) in [6, 6.07) is 10.8. The van der Waals surface area contributed by atoms with Gasteiger partial charge < -0.3 is 15.5 Å². The Kier molecular flexibility index (Phi) is 11.2. The average molecular weight is 499 g/mol. The van der Waals surface area contributed by atoms with Crippen LogP contribution in [-0.4, -0.2) is 68.1 Å². The van der Waals surface area contributed by atoms with Crippen LogP contribution >= 0.6 is 24.0 Å². The van der Waals surface area contributed by atoms with E-state index < -0.39 is 0 Å². The highest BCUT2D eigenvalue weighted by Crippen LogP contribution is 2.28. The van der Waals surface area contributed by atoms with E-state index in [1.165, 1.54) is 64.0 Å². The summed E-state index contributed by atoms with van der Waals surface area (Å²) in [4.78, 5) is 9.88. The zero-order valence-electron chi connectivity index (χ0n) is 17.4. The van der Waals surface area contributed by atoms with E-state index in [4.69, 9.17) is 0 Å². The van der Waals surface area contributed by atoms with Crippen molar-refractivity contribution in [3.63, 3.8) is 0 Å². The van der Waals surface area contributed by atoms with Crippen LogP contribution < -0.4 is 10.6 Å². The topological polar surface area (TPSA) is 42.9 Å². The second-order valence-electron chi connectivity index (χ2n) is 7.90. The third-order valence-electron chi connectivity index (χ3n) is 5.46. The molecule has 0 amide bonds. The molecule has 2 aliphatic rings. The first-order valence-corrected chi connectivity index (χ1v) is 10.8. The van der Waals surface area contributed by atoms with Crippen molar-refractivity contribution in [2.24, 2.45) is 10.9 Å². The summed E-state index contributed by atoms with van der Waals surface area (Å²) in [6.45, 7) is 12.2. The van der Waals surface area contributed by atoms with Crippen LogP contribution in [0.25, 0.3) is 0 Å². The minimum atomic E-state index is 0. The number of halogens is 1. The number of benzene rings is 1. The van der Waals surface area contributed by atoms with Crippen molar-refractivity contribution in [1.82, 2.24) is 20.4 Å². The van der Waals surface area contributed by atoms with Gasteiger partial charge in [-0.3, -0.25) is 9.89 Å². The zero-order chi connectivity index (χ0) is 18.7. The van der Waals surface area contributed by atoms with Crippen LogP contribution in [0.4, 0.5) is 0 Å². The lowest BCUT2D eigenvalue weighted by molar-refractivity contribution is 0.126. The second-order valence-corrected chi connectivity index (χ2v) is 7.90. The van der Waals surface area contributed by atoms with Crippen LogP contribution in [0, 0.1) is 5.92 Å². The molecule has 0 spiro atoms. The number of aliphatic imine (C=N–C) groups is 1. The van der Waals surface area contributed by atoms with Gasteiger partial charge >= 0.3 is 0 Å². The number of nitrogens with one attached hydrogen (secondary N) is 2. The summed E-state index contributed by atoms with van der Waals surface area (Å²) < 4.78 is 0. The molecule has 1 aromatic carbocycles. The molecule has 158 valence electrons. The highest BCUT2D eigenvalue weighted by molar-refractivity contribution is 14.0. The van der Waals surface area contributed by atoms with Gasteiger partial charge in [-0.25, -0.2) is 0 Å². The smallest absolute Gasteiger partial charge is 0.191 e. The molecule has 28 heavy (non-hydrogen) atoms. The molecule has 1 saturated carbocycles. The van der Waals surface area contributed by atoms with E-state index in [1.807, 2.05) is 0 Å². The van der Waals surface area contributed by atoms with Gasteiger partial charge in [0.1, 0.15) is 0 Å². The van der Waals surface area contributed by atoms with Gasteiger partial charge in [0.25, 0.3) is 0 Å². The number of nitrogens with zero attached hydrogens (tertiary/aromatic N) is 3. The number of unbranched alkanes of at least 4 members (excludes halogenated alkanes) is 1. The molecule has 2 N–H and O–H groups in total. The lowest BCUT2D eigenvalue weighted by Crippen LogP contribution is -2.46. The molecule has 1 saturated heterocycles. The third kappa shape index (κ3) is 9.09. The first-order chi connectivity index (χ1) is 13.3. The van der Waals surface area contributed by atoms with Crippen molar-refractivity contribution in [3.05, 3.63) is 35.9 Å². The number of hydrogen-bond donors (Lipinski definition) is 2. The van der Waals surface area contributed by atoms with Crippen molar-refractivity contribution in [3.8, 4) is 0 Å². The molecule has 0 unspecified atom stereocenters. The molecule has 6 heteroatoms. The fraction of sp³-hybridized carbons (Fsp3) is 0.682. The Bertz CT molecular complexity index is 553. The minimum absolute atomic E-state index is 0. The van der Waals surface area contributed by atoms with E-state index in [2.05, 4.69) is 62.7 Å². The van der Waals surface area contributed by atoms with Gasteiger partial charge in [0, 0.05) is 52.4 Å². The number of guanidine groups is 1. The predicted molar refractivity (Wildman–Crippen MR) is 130 cm³/mol. The van der Waals surface area contributed by atoms with E-state index in [0.717, 1.165) is 38.1 Å². The molecule has 5 nitrogen and oxygen atoms in total. The molecule has 2 fully saturated rings. The molecule has 0 bridgehead atoms. The number of hydrogen-bond acceptors (Lipinski definition) is 3. The lowest BCUT2D eigenvalue weighted by atomic mass is 10.2. The monoisotopic (exact) mass is 499 g/mol. The third-order valence-corrected chi connectivity index (χ3v) is 5.46. The molecule has 3 rings (SSSR count). The van der Waals surface area contributed by atoms with Crippen LogP contribution in [0.3, 0.4) is 0 Å². The van der Waals surface area contributed by atoms with E-state index in [0.29, 0.717) is 0 Å². The van der Waals surface area contributed by atoms with Gasteiger partial charge in [-0.05, 0) is 50.6 Å². The van der Waals surface area contributed by atoms with Crippen molar-refractivity contribution < 1.29 is 0 Å². The van der Waals surface area contributed by atoms with Gasteiger partial charge in [-0.15, -0.1) is 24.0 Å². The van der Waals surface area contributed by atoms with Crippen molar-refractivity contribution in [1.29, 1.82) is 0 Å². The molecule has 0 atom stereocenters. The quantitative estimate of drug-likeness (QED) is 0.225. The van der Waals surface area contributed by atoms with Gasteiger partial charge in [-0.1, -0.05) is 30.3 Å². The van der Waals surface area contributed by atoms with Crippen molar-refractivity contribution in [2.45, 2.75) is 39.2 Å². The maximum atomic E-state index is 4.68. The highest BCUT2D eigenvalue weighted by Gasteiger charge is 2.20. The Morgan fingerprint density at radius 3 is 2.39 bits per heavy atom. The summed E-state index contributed by atoms with van der Waals surface area (Å²) in [6.07, 6.45) is 5.19. The maximum absolute atomic E-state index is 4.68. The standard InChI is InChI=1S/C22H37N5.HI/c1-2-23-22(25-18-20-10-11-20)24-12-6-7-13-26-14-16-27(17-15-26)19-21-8-4-3-5-9-21;/h3-5,8-9,20H,2,6-7,10-19H2,1H3,(H2,23,24,25);1H. The largest absolute Gasteiger partial charge is 0.357 e. The SMILES string of the molecule is CCNC(=NCC1CC1)NCCCCN1CCN(Cc2ccccc2)CC1.I. The van der Waals surface area contributed by atoms with E-state index in [-0.39, 0.29) is 24.0 Å². The van der Waals surface area contributed by atoms with Crippen LogP contribution in [0.15, 0.2) is 35.3 Å². The van der Waals surface area contributed by atoms with E-state index in [1.54, 1.807) is 0 Å². The Morgan fingerprint density at radius 1 is 1.00 bits per heavy atom. The first kappa shape index (κ1) is 23.4. The summed E-state index contributed by atoms with van der Waals surface area (Å²) in [5, 5.41) is 6.84. The van der Waals surface area contributed by atoms with Crippen LogP contribution in [0.2, 0.25) is 0 Å². The van der Waals surface area contributed by atoms with Crippen LogP contribution in [0.1, 0.15) is 38.2 Å². The maximum Gasteiger partial charge on any atom is 0.191 e. The lowest BCUT2D eigenvalue weighted by Gasteiger charge is -2.34. The Morgan fingerprint density at radius 2 is 1.71 bits per heavy atom. The summed E-state index contributed by atoms with van der Waals surface area (Å²) in [5.74, 6) is 1.85. The van der Waals surface area contributed by atoms with Gasteiger partial charge in [-0.2, -0.15) is 0 Å². The molecule has 1 aliphatic heterocycles. The summed E-state index contributed by atoms with van der Waals surface area (Å²) >= 11 is 0. The van der Waals surface area contributed by atoms with E-state index >= 15 is 0 Å². The second kappa shape index (κ2) is 13.4. The fourth-order valence-electron chi connectivity index (χ4n) is 3.54. The fourth-order valence-corrected chi connectivity index (χ4v) is 3.54. The van der Waals surface area contributed by atoms with Gasteiger partial charge in [0.2, 0.25) is 0 Å².